The number of benzene rings is 2. The van der Waals surface area contributed by atoms with Gasteiger partial charge < -0.3 is 5.32 Å². The second-order valence-electron chi connectivity index (χ2n) is 6.60. The molecule has 0 aliphatic heterocycles. The Hall–Kier alpha value is -3.28. The summed E-state index contributed by atoms with van der Waals surface area (Å²) in [6.07, 6.45) is 4.30. The van der Waals surface area contributed by atoms with E-state index in [2.05, 4.69) is 42.4 Å². The zero-order chi connectivity index (χ0) is 22.4. The van der Waals surface area contributed by atoms with E-state index in [4.69, 9.17) is 0 Å². The van der Waals surface area contributed by atoms with Gasteiger partial charge in [-0.15, -0.1) is 0 Å². The highest BCUT2D eigenvalue weighted by Crippen LogP contribution is 2.17. The minimum absolute atomic E-state index is 0.198. The summed E-state index contributed by atoms with van der Waals surface area (Å²) in [5.41, 5.74) is 2.11. The van der Waals surface area contributed by atoms with Gasteiger partial charge in [-0.05, 0) is 58.4 Å². The van der Waals surface area contributed by atoms with Crippen molar-refractivity contribution in [2.45, 2.75) is 11.8 Å². The van der Waals surface area contributed by atoms with Gasteiger partial charge in [0.1, 0.15) is 0 Å². The van der Waals surface area contributed by atoms with Crippen molar-refractivity contribution >= 4 is 43.2 Å². The number of carbonyl (C=O) groups excluding carboxylic acids is 2. The molecule has 31 heavy (non-hydrogen) atoms. The van der Waals surface area contributed by atoms with Crippen molar-refractivity contribution in [2.24, 2.45) is 4.36 Å². The molecule has 0 spiro atoms. The van der Waals surface area contributed by atoms with Crippen LogP contribution in [-0.4, -0.2) is 27.3 Å². The molecule has 1 unspecified atom stereocenters. The molecule has 0 bridgehead atoms. The van der Waals surface area contributed by atoms with Gasteiger partial charge in [0.05, 0.1) is 15.3 Å². The number of rotatable bonds is 3. The number of carbonyl (C=O) groups is 2. The van der Waals surface area contributed by atoms with Crippen LogP contribution in [0.3, 0.4) is 0 Å². The lowest BCUT2D eigenvalue weighted by molar-refractivity contribution is -0.114. The Bertz CT molecular complexity index is 1330. The molecule has 1 heterocycles. The number of halogens is 1. The maximum Gasteiger partial charge on any atom is 0.286 e. The number of hydrogen-bond donors (Lipinski definition) is 1. The van der Waals surface area contributed by atoms with Crippen molar-refractivity contribution in [3.05, 3.63) is 88.2 Å². The van der Waals surface area contributed by atoms with Crippen LogP contribution in [0.15, 0.2) is 80.7 Å². The lowest BCUT2D eigenvalue weighted by Gasteiger charge is -2.06. The first-order chi connectivity index (χ1) is 14.7. The Morgan fingerprint density at radius 3 is 2.45 bits per heavy atom. The third-order valence-corrected chi connectivity index (χ3v) is 6.42. The summed E-state index contributed by atoms with van der Waals surface area (Å²) < 4.78 is 17.8. The topological polar surface area (TPSA) is 88.5 Å². The minimum Gasteiger partial charge on any atom is -0.326 e. The molecule has 156 valence electrons. The van der Waals surface area contributed by atoms with E-state index in [1.54, 1.807) is 36.5 Å². The molecule has 1 atom stereocenters. The van der Waals surface area contributed by atoms with Gasteiger partial charge in [0, 0.05) is 51.8 Å². The highest BCUT2D eigenvalue weighted by Gasteiger charge is 2.12. The summed E-state index contributed by atoms with van der Waals surface area (Å²) in [6, 6.07) is 15.5. The van der Waals surface area contributed by atoms with E-state index in [1.807, 2.05) is 24.3 Å². The first kappa shape index (κ1) is 22.4. The van der Waals surface area contributed by atoms with Crippen molar-refractivity contribution in [2.75, 3.05) is 11.6 Å². The third kappa shape index (κ3) is 6.10. The van der Waals surface area contributed by atoms with Crippen molar-refractivity contribution in [3.8, 4) is 11.8 Å². The zero-order valence-electron chi connectivity index (χ0n) is 16.8. The quantitative estimate of drug-likeness (QED) is 0.541. The summed E-state index contributed by atoms with van der Waals surface area (Å²) in [5, 5.41) is 2.63. The van der Waals surface area contributed by atoms with Gasteiger partial charge in [0.25, 0.3) is 5.91 Å². The number of pyridine rings is 1. The number of nitrogens with one attached hydrogen (secondary N) is 1. The van der Waals surface area contributed by atoms with E-state index in [9.17, 15) is 13.8 Å². The summed E-state index contributed by atoms with van der Waals surface area (Å²) in [5.74, 6) is 5.14. The Morgan fingerprint density at radius 1 is 1.06 bits per heavy atom. The van der Waals surface area contributed by atoms with Crippen molar-refractivity contribution in [1.29, 1.82) is 0 Å². The van der Waals surface area contributed by atoms with Crippen LogP contribution in [0, 0.1) is 11.8 Å². The molecule has 0 aliphatic carbocycles. The zero-order valence-corrected chi connectivity index (χ0v) is 19.2. The first-order valence-corrected chi connectivity index (χ1v) is 11.8. The van der Waals surface area contributed by atoms with E-state index in [0.717, 1.165) is 10.0 Å². The average Bonchev–Trinajstić information content (AvgIpc) is 2.73. The van der Waals surface area contributed by atoms with Crippen LogP contribution in [0.5, 0.6) is 0 Å². The molecular weight excluding hydrogens is 478 g/mol. The number of anilines is 1. The first-order valence-electron chi connectivity index (χ1n) is 9.10. The predicted octanol–water partition coefficient (Wildman–Crippen LogP) is 4.50. The normalized spacial score (nSPS) is 12.1. The van der Waals surface area contributed by atoms with Gasteiger partial charge in [-0.1, -0.05) is 24.0 Å². The molecule has 0 radical (unpaired) electrons. The van der Waals surface area contributed by atoms with Crippen molar-refractivity contribution in [1.82, 2.24) is 4.98 Å². The standard InChI is InChI=1S/C23H18BrN3O3S/c1-16(28)26-20-9-11-21(12-10-20)31(2,30)27-23(29)19-13-17(14-25-15-19)7-8-18-5-3-4-6-22(18)24/h3-6,9-15H,1-2H3,(H,26,28). The Morgan fingerprint density at radius 2 is 1.77 bits per heavy atom. The Kier molecular flexibility index (Phi) is 7.00. The van der Waals surface area contributed by atoms with Crippen LogP contribution in [0.25, 0.3) is 0 Å². The van der Waals surface area contributed by atoms with Crippen LogP contribution in [0.1, 0.15) is 28.4 Å². The van der Waals surface area contributed by atoms with E-state index in [-0.39, 0.29) is 11.5 Å². The van der Waals surface area contributed by atoms with Gasteiger partial charge in [-0.3, -0.25) is 14.6 Å². The number of aromatic nitrogens is 1. The van der Waals surface area contributed by atoms with Crippen molar-refractivity contribution < 1.29 is 13.8 Å². The minimum atomic E-state index is -2.98. The smallest absolute Gasteiger partial charge is 0.286 e. The molecule has 0 fully saturated rings. The highest BCUT2D eigenvalue weighted by atomic mass is 79.9. The summed E-state index contributed by atoms with van der Waals surface area (Å²) in [7, 11) is -2.98. The maximum absolute atomic E-state index is 13.0. The van der Waals surface area contributed by atoms with E-state index < -0.39 is 15.6 Å². The molecule has 2 amide bonds. The largest absolute Gasteiger partial charge is 0.326 e. The van der Waals surface area contributed by atoms with E-state index in [0.29, 0.717) is 16.1 Å². The number of amides is 2. The Labute approximate surface area is 189 Å². The molecule has 1 aromatic heterocycles. The molecule has 6 nitrogen and oxygen atoms in total. The fourth-order valence-corrected chi connectivity index (χ4v) is 4.14. The molecule has 0 saturated carbocycles. The van der Waals surface area contributed by atoms with Gasteiger partial charge >= 0.3 is 0 Å². The number of nitrogens with zero attached hydrogens (tertiary/aromatic N) is 2. The average molecular weight is 496 g/mol. The molecule has 1 N–H and O–H groups in total. The van der Waals surface area contributed by atoms with Crippen LogP contribution in [0.4, 0.5) is 5.69 Å². The Balaban J connectivity index is 1.85. The molecule has 8 heteroatoms. The second kappa shape index (κ2) is 9.69. The van der Waals surface area contributed by atoms with Gasteiger partial charge in [-0.25, -0.2) is 4.21 Å². The van der Waals surface area contributed by atoms with Crippen LogP contribution < -0.4 is 5.32 Å². The lowest BCUT2D eigenvalue weighted by atomic mass is 10.2. The molecular formula is C23H18BrN3O3S. The third-order valence-electron chi connectivity index (χ3n) is 4.07. The van der Waals surface area contributed by atoms with Crippen LogP contribution in [0.2, 0.25) is 0 Å². The molecule has 3 rings (SSSR count). The lowest BCUT2D eigenvalue weighted by Crippen LogP contribution is -2.07. The summed E-state index contributed by atoms with van der Waals surface area (Å²) in [4.78, 5) is 28.2. The van der Waals surface area contributed by atoms with Crippen molar-refractivity contribution in [3.63, 3.8) is 0 Å². The second-order valence-corrected chi connectivity index (χ2v) is 9.71. The number of hydrogen-bond acceptors (Lipinski definition) is 4. The summed E-state index contributed by atoms with van der Waals surface area (Å²) >= 11 is 3.44. The van der Waals surface area contributed by atoms with Gasteiger partial charge in [-0.2, -0.15) is 4.36 Å². The highest BCUT2D eigenvalue weighted by molar-refractivity contribution is 9.10. The van der Waals surface area contributed by atoms with Crippen LogP contribution in [-0.2, 0) is 14.5 Å². The molecule has 2 aromatic carbocycles. The van der Waals surface area contributed by atoms with E-state index in [1.165, 1.54) is 19.4 Å². The molecule has 0 aliphatic rings. The van der Waals surface area contributed by atoms with Gasteiger partial charge in [0.15, 0.2) is 0 Å². The predicted molar refractivity (Wildman–Crippen MR) is 124 cm³/mol. The van der Waals surface area contributed by atoms with E-state index >= 15 is 0 Å². The maximum atomic E-state index is 13.0. The SMILES string of the molecule is CC(=O)Nc1ccc(S(C)(=O)=NC(=O)c2cncc(C#Cc3ccccc3Br)c2)cc1. The molecule has 0 saturated heterocycles. The summed E-state index contributed by atoms with van der Waals surface area (Å²) in [6.45, 7) is 1.40. The molecule has 3 aromatic rings. The van der Waals surface area contributed by atoms with Crippen LogP contribution >= 0.6 is 15.9 Å². The fourth-order valence-electron chi connectivity index (χ4n) is 2.58. The van der Waals surface area contributed by atoms with Gasteiger partial charge in [0.2, 0.25) is 5.91 Å². The monoisotopic (exact) mass is 495 g/mol. The fraction of sp³-hybridized carbons (Fsp3) is 0.0870.